The number of nitrogens with one attached hydrogen (secondary N) is 1. The van der Waals surface area contributed by atoms with E-state index in [2.05, 4.69) is 30.5 Å². The highest BCUT2D eigenvalue weighted by atomic mass is 16.2. The normalized spacial score (nSPS) is 10.6. The molecule has 9 heteroatoms. The first-order valence-corrected chi connectivity index (χ1v) is 7.39. The molecule has 3 aromatic heterocycles. The Hall–Kier alpha value is -3.88. The maximum Gasteiger partial charge on any atom is 0.277 e. The van der Waals surface area contributed by atoms with Gasteiger partial charge < -0.3 is 5.32 Å². The Morgan fingerprint density at radius 1 is 1.04 bits per heavy atom. The SMILES string of the molecule is O=C(Nc1cnc(-n2ccnc2)nc1)c1cnn(-c2ccccc2)n1. The number of aromatic nitrogens is 7. The Bertz CT molecular complexity index is 977. The predicted molar refractivity (Wildman–Crippen MR) is 88.5 cm³/mol. The van der Waals surface area contributed by atoms with E-state index in [-0.39, 0.29) is 11.6 Å². The van der Waals surface area contributed by atoms with Crippen molar-refractivity contribution in [2.75, 3.05) is 5.32 Å². The van der Waals surface area contributed by atoms with E-state index < -0.39 is 0 Å². The number of carbonyl (C=O) groups is 1. The van der Waals surface area contributed by atoms with Crippen molar-refractivity contribution in [1.82, 2.24) is 34.5 Å². The Morgan fingerprint density at radius 3 is 2.56 bits per heavy atom. The first-order chi connectivity index (χ1) is 12.3. The summed E-state index contributed by atoms with van der Waals surface area (Å²) in [5.74, 6) is 0.0756. The number of anilines is 1. The number of para-hydroxylation sites is 1. The van der Waals surface area contributed by atoms with Gasteiger partial charge in [-0.25, -0.2) is 15.0 Å². The van der Waals surface area contributed by atoms with Crippen LogP contribution < -0.4 is 5.32 Å². The monoisotopic (exact) mass is 332 g/mol. The summed E-state index contributed by atoms with van der Waals surface area (Å²) in [6.45, 7) is 0. The minimum absolute atomic E-state index is 0.197. The molecule has 0 radical (unpaired) electrons. The van der Waals surface area contributed by atoms with Crippen molar-refractivity contribution in [2.24, 2.45) is 0 Å². The summed E-state index contributed by atoms with van der Waals surface area (Å²) in [5.41, 5.74) is 1.43. The highest BCUT2D eigenvalue weighted by molar-refractivity contribution is 6.02. The van der Waals surface area contributed by atoms with Crippen LogP contribution in [0.25, 0.3) is 11.6 Å². The van der Waals surface area contributed by atoms with Crippen molar-refractivity contribution in [2.45, 2.75) is 0 Å². The number of benzene rings is 1. The van der Waals surface area contributed by atoms with Crippen LogP contribution in [-0.2, 0) is 0 Å². The van der Waals surface area contributed by atoms with Gasteiger partial charge in [0.2, 0.25) is 5.95 Å². The Morgan fingerprint density at radius 2 is 1.84 bits per heavy atom. The number of carbonyl (C=O) groups excluding carboxylic acids is 1. The zero-order chi connectivity index (χ0) is 17.1. The second-order valence-corrected chi connectivity index (χ2v) is 5.05. The van der Waals surface area contributed by atoms with Crippen LogP contribution in [0, 0.1) is 0 Å². The van der Waals surface area contributed by atoms with Gasteiger partial charge in [0.1, 0.15) is 6.33 Å². The fraction of sp³-hybridized carbons (Fsp3) is 0. The zero-order valence-corrected chi connectivity index (χ0v) is 12.9. The first kappa shape index (κ1) is 14.7. The van der Waals surface area contributed by atoms with Crippen LogP contribution in [0.2, 0.25) is 0 Å². The lowest BCUT2D eigenvalue weighted by molar-refractivity contribution is 0.102. The molecular formula is C16H12N8O. The maximum absolute atomic E-state index is 12.3. The van der Waals surface area contributed by atoms with Gasteiger partial charge in [-0.3, -0.25) is 9.36 Å². The highest BCUT2D eigenvalue weighted by Gasteiger charge is 2.12. The smallest absolute Gasteiger partial charge is 0.277 e. The van der Waals surface area contributed by atoms with Crippen LogP contribution in [0.1, 0.15) is 10.5 Å². The van der Waals surface area contributed by atoms with Crippen molar-refractivity contribution in [3.05, 3.63) is 73.3 Å². The van der Waals surface area contributed by atoms with Gasteiger partial charge in [0.15, 0.2) is 5.69 Å². The molecule has 9 nitrogen and oxygen atoms in total. The summed E-state index contributed by atoms with van der Waals surface area (Å²) >= 11 is 0. The number of rotatable bonds is 4. The topological polar surface area (TPSA) is 103 Å². The van der Waals surface area contributed by atoms with Crippen LogP contribution in [0.3, 0.4) is 0 Å². The van der Waals surface area contributed by atoms with Gasteiger partial charge in [-0.15, -0.1) is 5.10 Å². The number of hydrogen-bond acceptors (Lipinski definition) is 6. The highest BCUT2D eigenvalue weighted by Crippen LogP contribution is 2.09. The molecule has 1 N–H and O–H groups in total. The molecule has 4 aromatic rings. The largest absolute Gasteiger partial charge is 0.318 e. The average molecular weight is 332 g/mol. The summed E-state index contributed by atoms with van der Waals surface area (Å²) in [7, 11) is 0. The molecule has 0 aliphatic rings. The number of nitrogens with zero attached hydrogens (tertiary/aromatic N) is 7. The van der Waals surface area contributed by atoms with E-state index >= 15 is 0 Å². The van der Waals surface area contributed by atoms with Crippen molar-refractivity contribution >= 4 is 11.6 Å². The van der Waals surface area contributed by atoms with E-state index in [4.69, 9.17) is 0 Å². The molecule has 25 heavy (non-hydrogen) atoms. The lowest BCUT2D eigenvalue weighted by Crippen LogP contribution is -2.14. The number of hydrogen-bond donors (Lipinski definition) is 1. The molecule has 0 bridgehead atoms. The van der Waals surface area contributed by atoms with Crippen molar-refractivity contribution in [1.29, 1.82) is 0 Å². The van der Waals surface area contributed by atoms with Crippen LogP contribution in [0.5, 0.6) is 0 Å². The van der Waals surface area contributed by atoms with E-state index in [1.807, 2.05) is 30.3 Å². The molecule has 3 heterocycles. The molecular weight excluding hydrogens is 320 g/mol. The van der Waals surface area contributed by atoms with Gasteiger partial charge in [-0.1, -0.05) is 18.2 Å². The summed E-state index contributed by atoms with van der Waals surface area (Å²) in [6, 6.07) is 9.35. The van der Waals surface area contributed by atoms with Gasteiger partial charge in [-0.05, 0) is 12.1 Å². The summed E-state index contributed by atoms with van der Waals surface area (Å²) in [5, 5.41) is 11.0. The molecule has 1 amide bonds. The minimum atomic E-state index is -0.388. The Balaban J connectivity index is 1.48. The Kier molecular flexibility index (Phi) is 3.71. The second-order valence-electron chi connectivity index (χ2n) is 5.05. The third-order valence-electron chi connectivity index (χ3n) is 3.34. The average Bonchev–Trinajstić information content (AvgIpc) is 3.35. The van der Waals surface area contributed by atoms with Crippen LogP contribution >= 0.6 is 0 Å². The fourth-order valence-electron chi connectivity index (χ4n) is 2.14. The van der Waals surface area contributed by atoms with E-state index in [9.17, 15) is 4.79 Å². The fourth-order valence-corrected chi connectivity index (χ4v) is 2.14. The lowest BCUT2D eigenvalue weighted by atomic mass is 10.3. The zero-order valence-electron chi connectivity index (χ0n) is 12.9. The second kappa shape index (κ2) is 6.32. The molecule has 0 saturated heterocycles. The van der Waals surface area contributed by atoms with Gasteiger partial charge in [-0.2, -0.15) is 9.90 Å². The van der Waals surface area contributed by atoms with Crippen molar-refractivity contribution in [3.8, 4) is 11.6 Å². The third kappa shape index (κ3) is 3.11. The first-order valence-electron chi connectivity index (χ1n) is 7.39. The molecule has 0 aliphatic heterocycles. The quantitative estimate of drug-likeness (QED) is 0.607. The van der Waals surface area contributed by atoms with E-state index in [0.29, 0.717) is 11.6 Å². The van der Waals surface area contributed by atoms with E-state index in [1.54, 1.807) is 23.3 Å². The van der Waals surface area contributed by atoms with E-state index in [1.165, 1.54) is 23.4 Å². The minimum Gasteiger partial charge on any atom is -0.318 e. The molecule has 0 unspecified atom stereocenters. The van der Waals surface area contributed by atoms with Crippen LogP contribution in [0.4, 0.5) is 5.69 Å². The molecule has 0 aliphatic carbocycles. The van der Waals surface area contributed by atoms with Gasteiger partial charge in [0.25, 0.3) is 5.91 Å². The number of amides is 1. The molecule has 1 aromatic carbocycles. The van der Waals surface area contributed by atoms with Crippen LogP contribution in [0.15, 0.2) is 67.6 Å². The maximum atomic E-state index is 12.3. The van der Waals surface area contributed by atoms with Gasteiger partial charge in [0.05, 0.1) is 30.0 Å². The molecule has 0 saturated carbocycles. The summed E-state index contributed by atoms with van der Waals surface area (Å²) < 4.78 is 1.66. The Labute approximate surface area is 142 Å². The lowest BCUT2D eigenvalue weighted by Gasteiger charge is -2.03. The third-order valence-corrected chi connectivity index (χ3v) is 3.34. The predicted octanol–water partition coefficient (Wildman–Crippen LogP) is 1.50. The standard InChI is InChI=1S/C16H12N8O/c25-15(14-10-20-24(22-14)13-4-2-1-3-5-13)21-12-8-18-16(19-9-12)23-7-6-17-11-23/h1-11H,(H,21,25). The molecule has 0 spiro atoms. The molecule has 122 valence electrons. The van der Waals surface area contributed by atoms with Gasteiger partial charge in [0, 0.05) is 12.4 Å². The van der Waals surface area contributed by atoms with Crippen LogP contribution in [-0.4, -0.2) is 40.4 Å². The molecule has 4 rings (SSSR count). The van der Waals surface area contributed by atoms with Gasteiger partial charge >= 0.3 is 0 Å². The molecule has 0 fully saturated rings. The number of imidazole rings is 1. The van der Waals surface area contributed by atoms with E-state index in [0.717, 1.165) is 5.69 Å². The van der Waals surface area contributed by atoms with Crippen molar-refractivity contribution < 1.29 is 4.79 Å². The molecule has 0 atom stereocenters. The summed E-state index contributed by atoms with van der Waals surface area (Å²) in [6.07, 6.45) is 9.40. The summed E-state index contributed by atoms with van der Waals surface area (Å²) in [4.78, 5) is 26.0. The van der Waals surface area contributed by atoms with Crippen molar-refractivity contribution in [3.63, 3.8) is 0 Å².